The lowest BCUT2D eigenvalue weighted by Crippen LogP contribution is -2.62. The van der Waals surface area contributed by atoms with E-state index in [9.17, 15) is 0 Å². The van der Waals surface area contributed by atoms with Crippen LogP contribution in [0.5, 0.6) is 5.75 Å². The molecule has 1 heterocycles. The van der Waals surface area contributed by atoms with Crippen molar-refractivity contribution in [1.29, 1.82) is 0 Å². The van der Waals surface area contributed by atoms with Crippen LogP contribution >= 0.6 is 0 Å². The van der Waals surface area contributed by atoms with Crippen molar-refractivity contribution in [2.75, 3.05) is 6.61 Å². The summed E-state index contributed by atoms with van der Waals surface area (Å²) in [7, 11) is 0. The van der Waals surface area contributed by atoms with Gasteiger partial charge in [0.25, 0.3) is 0 Å². The summed E-state index contributed by atoms with van der Waals surface area (Å²) in [6.07, 6.45) is -3.08. The van der Waals surface area contributed by atoms with E-state index in [2.05, 4.69) is 54.6 Å². The minimum absolute atomic E-state index is 0.266. The molecule has 0 N–H and O–H groups in total. The Bertz CT molecular complexity index is 1870. The Morgan fingerprint density at radius 2 is 0.880 bits per heavy atom. The predicted octanol–water partition coefficient (Wildman–Crippen LogP) is 8.92. The molecule has 254 valence electrons. The molecule has 1 saturated heterocycles. The number of ether oxygens (including phenoxy) is 6. The molecule has 5 atom stereocenters. The van der Waals surface area contributed by atoms with Crippen LogP contribution < -0.4 is 4.74 Å². The average molecular weight is 667 g/mol. The third kappa shape index (κ3) is 9.04. The van der Waals surface area contributed by atoms with E-state index in [0.29, 0.717) is 32.2 Å². The fourth-order valence-corrected chi connectivity index (χ4v) is 6.22. The van der Waals surface area contributed by atoms with E-state index in [0.717, 1.165) is 33.0 Å². The number of hydrogen-bond acceptors (Lipinski definition) is 6. The van der Waals surface area contributed by atoms with Crippen molar-refractivity contribution in [3.8, 4) is 5.75 Å². The van der Waals surface area contributed by atoms with Gasteiger partial charge in [0, 0.05) is 0 Å². The second kappa shape index (κ2) is 17.2. The van der Waals surface area contributed by atoms with Crippen molar-refractivity contribution >= 4 is 10.8 Å². The highest BCUT2D eigenvalue weighted by Gasteiger charge is 2.49. The Balaban J connectivity index is 1.22. The van der Waals surface area contributed by atoms with Gasteiger partial charge < -0.3 is 28.4 Å². The van der Waals surface area contributed by atoms with Gasteiger partial charge in [0.2, 0.25) is 6.29 Å². The molecule has 0 saturated carbocycles. The first-order chi connectivity index (χ1) is 24.8. The molecular formula is C44H42O6. The van der Waals surface area contributed by atoms with E-state index in [4.69, 9.17) is 28.4 Å². The maximum absolute atomic E-state index is 6.85. The Morgan fingerprint density at radius 1 is 0.420 bits per heavy atom. The summed E-state index contributed by atoms with van der Waals surface area (Å²) in [6, 6.07) is 54.8. The zero-order chi connectivity index (χ0) is 33.8. The Kier molecular flexibility index (Phi) is 11.6. The van der Waals surface area contributed by atoms with E-state index < -0.39 is 30.7 Å². The standard InChI is InChI=1S/C44H42O6/c1-5-15-33(16-6-1)28-45-32-40-41(46-29-34-17-7-2-8-18-34)42(47-30-35-19-9-3-10-20-35)43(48-31-36-21-11-4-12-22-36)44(50-40)49-39-26-25-37-23-13-14-24-38(37)27-39/h1-27,40-44H,28-32H2/t40?,41-,42?,43?,44+/m0/s1. The summed E-state index contributed by atoms with van der Waals surface area (Å²) in [4.78, 5) is 0. The van der Waals surface area contributed by atoms with Crippen molar-refractivity contribution in [3.63, 3.8) is 0 Å². The van der Waals surface area contributed by atoms with E-state index in [1.807, 2.05) is 109 Å². The van der Waals surface area contributed by atoms with Crippen LogP contribution in [-0.2, 0) is 50.1 Å². The first kappa shape index (κ1) is 33.7. The summed E-state index contributed by atoms with van der Waals surface area (Å²) in [5.41, 5.74) is 4.21. The molecule has 6 aromatic rings. The fourth-order valence-electron chi connectivity index (χ4n) is 6.22. The van der Waals surface area contributed by atoms with Crippen LogP contribution in [0.3, 0.4) is 0 Å². The first-order valence-corrected chi connectivity index (χ1v) is 17.2. The van der Waals surface area contributed by atoms with Crippen molar-refractivity contribution < 1.29 is 28.4 Å². The van der Waals surface area contributed by atoms with Gasteiger partial charge >= 0.3 is 0 Å². The van der Waals surface area contributed by atoms with Crippen LogP contribution in [0.25, 0.3) is 10.8 Å². The van der Waals surface area contributed by atoms with Crippen LogP contribution in [0.1, 0.15) is 22.3 Å². The highest BCUT2D eigenvalue weighted by atomic mass is 16.7. The van der Waals surface area contributed by atoms with Crippen molar-refractivity contribution in [1.82, 2.24) is 0 Å². The predicted molar refractivity (Wildman–Crippen MR) is 194 cm³/mol. The monoisotopic (exact) mass is 666 g/mol. The summed E-state index contributed by atoms with van der Waals surface area (Å²) in [5.74, 6) is 0.677. The van der Waals surface area contributed by atoms with Crippen LogP contribution in [0, 0.1) is 0 Å². The van der Waals surface area contributed by atoms with Gasteiger partial charge in [-0.3, -0.25) is 0 Å². The molecule has 6 heteroatoms. The molecule has 0 amide bonds. The molecule has 0 spiro atoms. The van der Waals surface area contributed by atoms with Crippen LogP contribution in [0.15, 0.2) is 164 Å². The van der Waals surface area contributed by atoms with Crippen LogP contribution in [0.2, 0.25) is 0 Å². The van der Waals surface area contributed by atoms with Crippen molar-refractivity contribution in [2.24, 2.45) is 0 Å². The van der Waals surface area contributed by atoms with Gasteiger partial charge in [-0.2, -0.15) is 0 Å². The molecule has 6 nitrogen and oxygen atoms in total. The summed E-state index contributed by atoms with van der Waals surface area (Å²) in [5, 5.41) is 2.21. The molecule has 0 bridgehead atoms. The molecular weight excluding hydrogens is 624 g/mol. The lowest BCUT2D eigenvalue weighted by Gasteiger charge is -2.45. The second-order valence-corrected chi connectivity index (χ2v) is 12.5. The molecule has 1 fully saturated rings. The zero-order valence-electron chi connectivity index (χ0n) is 28.0. The highest BCUT2D eigenvalue weighted by molar-refractivity contribution is 5.83. The van der Waals surface area contributed by atoms with Gasteiger partial charge in [-0.1, -0.05) is 152 Å². The number of fused-ring (bicyclic) bond motifs is 1. The Morgan fingerprint density at radius 3 is 1.44 bits per heavy atom. The maximum atomic E-state index is 6.85. The number of hydrogen-bond donors (Lipinski definition) is 0. The van der Waals surface area contributed by atoms with Gasteiger partial charge in [0.15, 0.2) is 0 Å². The maximum Gasteiger partial charge on any atom is 0.229 e. The van der Waals surface area contributed by atoms with Gasteiger partial charge in [-0.25, -0.2) is 0 Å². The first-order valence-electron chi connectivity index (χ1n) is 17.2. The lowest BCUT2D eigenvalue weighted by atomic mass is 9.97. The van der Waals surface area contributed by atoms with Gasteiger partial charge in [0.05, 0.1) is 33.0 Å². The third-order valence-electron chi connectivity index (χ3n) is 8.81. The largest absolute Gasteiger partial charge is 0.462 e. The van der Waals surface area contributed by atoms with Gasteiger partial charge in [0.1, 0.15) is 30.2 Å². The summed E-state index contributed by atoms with van der Waals surface area (Å²) < 4.78 is 40.2. The number of benzene rings is 6. The highest BCUT2D eigenvalue weighted by Crippen LogP contribution is 2.33. The third-order valence-corrected chi connectivity index (χ3v) is 8.81. The molecule has 3 unspecified atom stereocenters. The van der Waals surface area contributed by atoms with Gasteiger partial charge in [-0.05, 0) is 45.2 Å². The lowest BCUT2D eigenvalue weighted by molar-refractivity contribution is -0.310. The van der Waals surface area contributed by atoms with E-state index >= 15 is 0 Å². The smallest absolute Gasteiger partial charge is 0.229 e. The topological polar surface area (TPSA) is 55.4 Å². The second-order valence-electron chi connectivity index (χ2n) is 12.5. The van der Waals surface area contributed by atoms with Gasteiger partial charge in [-0.15, -0.1) is 0 Å². The minimum atomic E-state index is -0.817. The van der Waals surface area contributed by atoms with E-state index in [1.165, 1.54) is 0 Å². The molecule has 6 aromatic carbocycles. The molecule has 0 aromatic heterocycles. The van der Waals surface area contributed by atoms with Crippen LogP contribution in [0.4, 0.5) is 0 Å². The minimum Gasteiger partial charge on any atom is -0.462 e. The molecule has 1 aliphatic heterocycles. The fraction of sp³-hybridized carbons (Fsp3) is 0.227. The summed E-state index contributed by atoms with van der Waals surface area (Å²) in [6.45, 7) is 1.78. The summed E-state index contributed by atoms with van der Waals surface area (Å²) >= 11 is 0. The van der Waals surface area contributed by atoms with E-state index in [1.54, 1.807) is 0 Å². The Hall–Kier alpha value is -4.82. The SMILES string of the molecule is c1ccc(COCC2O[C@@H](Oc3ccc4ccccc4c3)C(OCc3ccccc3)C(OCc3ccccc3)[C@H]2OCc2ccccc2)cc1. The Labute approximate surface area is 294 Å². The van der Waals surface area contributed by atoms with E-state index in [-0.39, 0.29) is 6.61 Å². The average Bonchev–Trinajstić information content (AvgIpc) is 3.18. The quantitative estimate of drug-likeness (QED) is 0.109. The molecule has 50 heavy (non-hydrogen) atoms. The molecule has 1 aliphatic rings. The molecule has 0 radical (unpaired) electrons. The zero-order valence-corrected chi connectivity index (χ0v) is 28.0. The number of rotatable bonds is 15. The van der Waals surface area contributed by atoms with Crippen molar-refractivity contribution in [3.05, 3.63) is 186 Å². The molecule has 0 aliphatic carbocycles. The molecule has 7 rings (SSSR count). The van der Waals surface area contributed by atoms with Crippen LogP contribution in [-0.4, -0.2) is 37.3 Å². The normalized spacial score (nSPS) is 20.4. The van der Waals surface area contributed by atoms with Crippen molar-refractivity contribution in [2.45, 2.75) is 57.1 Å².